The van der Waals surface area contributed by atoms with Crippen molar-refractivity contribution in [1.82, 2.24) is 25.4 Å². The second kappa shape index (κ2) is 12.6. The van der Waals surface area contributed by atoms with Crippen LogP contribution in [0.5, 0.6) is 0 Å². The summed E-state index contributed by atoms with van der Waals surface area (Å²) in [6.07, 6.45) is 1.16. The Morgan fingerprint density at radius 3 is 2.64 bits per heavy atom. The summed E-state index contributed by atoms with van der Waals surface area (Å²) >= 11 is 0. The number of nitrogens with one attached hydrogen (secondary N) is 2. The second-order valence-electron chi connectivity index (χ2n) is 6.07. The van der Waals surface area contributed by atoms with Crippen molar-refractivity contribution in [3.8, 4) is 0 Å². The standard InChI is InChI=1S/C18H26F2N6O.HI/c1-13-24-25-17(26(13)2)12-23-18(21-8-4-10-27-3)22-9-7-14-11-15(19)5-6-16(14)20;/h5-6,11H,4,7-10,12H2,1-3H3,(H2,21,22,23);1H. The van der Waals surface area contributed by atoms with E-state index in [1.165, 1.54) is 6.07 Å². The van der Waals surface area contributed by atoms with Crippen LogP contribution in [0.25, 0.3) is 0 Å². The van der Waals surface area contributed by atoms with E-state index < -0.39 is 11.6 Å². The van der Waals surface area contributed by atoms with Crippen LogP contribution in [-0.4, -0.2) is 47.5 Å². The first-order chi connectivity index (χ1) is 13.0. The van der Waals surface area contributed by atoms with Crippen LogP contribution < -0.4 is 10.6 Å². The number of hydrogen-bond donors (Lipinski definition) is 2. The first kappa shape index (κ1) is 24.2. The zero-order chi connectivity index (χ0) is 19.6. The Bertz CT molecular complexity index is 769. The Hall–Kier alpha value is -1.82. The summed E-state index contributed by atoms with van der Waals surface area (Å²) < 4.78 is 33.9. The lowest BCUT2D eigenvalue weighted by atomic mass is 10.1. The summed E-state index contributed by atoms with van der Waals surface area (Å²) in [5.74, 6) is 1.25. The second-order valence-corrected chi connectivity index (χ2v) is 6.07. The molecule has 0 radical (unpaired) electrons. The summed E-state index contributed by atoms with van der Waals surface area (Å²) in [4.78, 5) is 4.50. The minimum absolute atomic E-state index is 0. The molecule has 2 rings (SSSR count). The molecule has 156 valence electrons. The fourth-order valence-electron chi connectivity index (χ4n) is 2.39. The maximum Gasteiger partial charge on any atom is 0.191 e. The van der Waals surface area contributed by atoms with E-state index in [0.29, 0.717) is 44.2 Å². The Kier molecular flexibility index (Phi) is 10.9. The predicted octanol–water partition coefficient (Wildman–Crippen LogP) is 2.33. The molecule has 2 N–H and O–H groups in total. The van der Waals surface area contributed by atoms with Gasteiger partial charge in [-0.1, -0.05) is 0 Å². The van der Waals surface area contributed by atoms with Crippen molar-refractivity contribution in [3.63, 3.8) is 0 Å². The summed E-state index contributed by atoms with van der Waals surface area (Å²) in [7, 11) is 3.53. The van der Waals surface area contributed by atoms with Gasteiger partial charge in [0.15, 0.2) is 11.8 Å². The van der Waals surface area contributed by atoms with Crippen molar-refractivity contribution < 1.29 is 13.5 Å². The monoisotopic (exact) mass is 508 g/mol. The number of aryl methyl sites for hydroxylation is 1. The van der Waals surface area contributed by atoms with E-state index in [0.717, 1.165) is 30.2 Å². The van der Waals surface area contributed by atoms with Crippen LogP contribution in [0, 0.1) is 18.6 Å². The molecule has 0 saturated carbocycles. The molecular formula is C18H27F2IN6O. The maximum absolute atomic E-state index is 13.7. The molecule has 7 nitrogen and oxygen atoms in total. The van der Waals surface area contributed by atoms with Gasteiger partial charge in [-0.05, 0) is 43.5 Å². The fraction of sp³-hybridized carbons (Fsp3) is 0.500. The minimum Gasteiger partial charge on any atom is -0.385 e. The number of halogens is 3. The van der Waals surface area contributed by atoms with Crippen molar-refractivity contribution in [1.29, 1.82) is 0 Å². The van der Waals surface area contributed by atoms with Gasteiger partial charge in [0.25, 0.3) is 0 Å². The third-order valence-electron chi connectivity index (χ3n) is 4.07. The van der Waals surface area contributed by atoms with Gasteiger partial charge in [-0.25, -0.2) is 13.8 Å². The number of nitrogens with zero attached hydrogens (tertiary/aromatic N) is 4. The van der Waals surface area contributed by atoms with Gasteiger partial charge in [0.1, 0.15) is 24.0 Å². The molecule has 2 aromatic rings. The van der Waals surface area contributed by atoms with Crippen LogP contribution in [0.3, 0.4) is 0 Å². The summed E-state index contributed by atoms with van der Waals surface area (Å²) in [5, 5.41) is 14.4. The van der Waals surface area contributed by atoms with Crippen molar-refractivity contribution in [2.45, 2.75) is 26.3 Å². The molecule has 1 aromatic heterocycles. The van der Waals surface area contributed by atoms with Gasteiger partial charge in [0.2, 0.25) is 0 Å². The van der Waals surface area contributed by atoms with Gasteiger partial charge >= 0.3 is 0 Å². The number of aromatic nitrogens is 3. The average molecular weight is 508 g/mol. The maximum atomic E-state index is 13.7. The van der Waals surface area contributed by atoms with Crippen molar-refractivity contribution in [2.24, 2.45) is 12.0 Å². The zero-order valence-electron chi connectivity index (χ0n) is 16.3. The van der Waals surface area contributed by atoms with Crippen LogP contribution >= 0.6 is 24.0 Å². The van der Waals surface area contributed by atoms with Crippen LogP contribution in [-0.2, 0) is 24.8 Å². The highest BCUT2D eigenvalue weighted by atomic mass is 127. The van der Waals surface area contributed by atoms with Gasteiger partial charge < -0.3 is 19.9 Å². The molecule has 0 bridgehead atoms. The average Bonchev–Trinajstić information content (AvgIpc) is 2.97. The van der Waals surface area contributed by atoms with Crippen LogP contribution in [0.15, 0.2) is 23.2 Å². The molecule has 0 atom stereocenters. The topological polar surface area (TPSA) is 76.4 Å². The Morgan fingerprint density at radius 2 is 1.96 bits per heavy atom. The highest BCUT2D eigenvalue weighted by Gasteiger charge is 2.07. The predicted molar refractivity (Wildman–Crippen MR) is 115 cm³/mol. The van der Waals surface area contributed by atoms with Gasteiger partial charge in [0, 0.05) is 33.9 Å². The van der Waals surface area contributed by atoms with Gasteiger partial charge in [-0.2, -0.15) is 0 Å². The third-order valence-corrected chi connectivity index (χ3v) is 4.07. The SMILES string of the molecule is COCCCNC(=NCc1nnc(C)n1C)NCCc1cc(F)ccc1F.I. The summed E-state index contributed by atoms with van der Waals surface area (Å²) in [5.41, 5.74) is 0.324. The molecule has 1 aromatic carbocycles. The molecule has 0 amide bonds. The van der Waals surface area contributed by atoms with E-state index in [4.69, 9.17) is 4.74 Å². The molecule has 0 fully saturated rings. The smallest absolute Gasteiger partial charge is 0.191 e. The molecule has 0 saturated heterocycles. The molecule has 0 aliphatic carbocycles. The first-order valence-corrected chi connectivity index (χ1v) is 8.81. The Balaban J connectivity index is 0.00000392. The molecule has 0 aliphatic rings. The van der Waals surface area contributed by atoms with Gasteiger partial charge in [0.05, 0.1) is 0 Å². The van der Waals surface area contributed by atoms with E-state index >= 15 is 0 Å². The zero-order valence-corrected chi connectivity index (χ0v) is 18.7. The molecule has 1 heterocycles. The highest BCUT2D eigenvalue weighted by molar-refractivity contribution is 14.0. The Labute approximate surface area is 181 Å². The number of hydrogen-bond acceptors (Lipinski definition) is 4. The van der Waals surface area contributed by atoms with Crippen LogP contribution in [0.2, 0.25) is 0 Å². The highest BCUT2D eigenvalue weighted by Crippen LogP contribution is 2.09. The van der Waals surface area contributed by atoms with Crippen LogP contribution in [0.4, 0.5) is 8.78 Å². The summed E-state index contributed by atoms with van der Waals surface area (Å²) in [6, 6.07) is 3.46. The molecule has 0 aliphatic heterocycles. The third kappa shape index (κ3) is 7.66. The molecule has 28 heavy (non-hydrogen) atoms. The minimum atomic E-state index is -0.448. The first-order valence-electron chi connectivity index (χ1n) is 8.81. The van der Waals surface area contributed by atoms with Gasteiger partial charge in [-0.15, -0.1) is 34.2 Å². The van der Waals surface area contributed by atoms with Crippen molar-refractivity contribution in [2.75, 3.05) is 26.8 Å². The fourth-order valence-corrected chi connectivity index (χ4v) is 2.39. The van der Waals surface area contributed by atoms with Crippen molar-refractivity contribution >= 4 is 29.9 Å². The molecular weight excluding hydrogens is 481 g/mol. The number of methoxy groups -OCH3 is 1. The van der Waals surface area contributed by atoms with E-state index in [9.17, 15) is 8.78 Å². The van der Waals surface area contributed by atoms with Gasteiger partial charge in [-0.3, -0.25) is 0 Å². The number of guanidine groups is 1. The number of aliphatic imine (C=N–C) groups is 1. The number of benzene rings is 1. The van der Waals surface area contributed by atoms with E-state index in [-0.39, 0.29) is 24.0 Å². The van der Waals surface area contributed by atoms with E-state index in [1.54, 1.807) is 7.11 Å². The largest absolute Gasteiger partial charge is 0.385 e. The lowest BCUT2D eigenvalue weighted by molar-refractivity contribution is 0.195. The van der Waals surface area contributed by atoms with Crippen LogP contribution in [0.1, 0.15) is 23.6 Å². The van der Waals surface area contributed by atoms with Crippen molar-refractivity contribution in [3.05, 3.63) is 47.0 Å². The number of rotatable bonds is 9. The Morgan fingerprint density at radius 1 is 1.21 bits per heavy atom. The van der Waals surface area contributed by atoms with E-state index in [1.807, 2.05) is 18.5 Å². The molecule has 0 unspecified atom stereocenters. The normalized spacial score (nSPS) is 11.2. The number of ether oxygens (including phenoxy) is 1. The molecule has 0 spiro atoms. The quantitative estimate of drug-likeness (QED) is 0.236. The van der Waals surface area contributed by atoms with E-state index in [2.05, 4.69) is 25.8 Å². The molecule has 10 heteroatoms. The summed E-state index contributed by atoms with van der Waals surface area (Å²) in [6.45, 7) is 3.94. The lowest BCUT2D eigenvalue weighted by Crippen LogP contribution is -2.39. The lowest BCUT2D eigenvalue weighted by Gasteiger charge is -2.13.